The van der Waals surface area contributed by atoms with Crippen molar-refractivity contribution in [1.82, 2.24) is 4.57 Å². The predicted octanol–water partition coefficient (Wildman–Crippen LogP) is 2.34. The highest BCUT2D eigenvalue weighted by Gasteiger charge is 2.52. The highest BCUT2D eigenvalue weighted by molar-refractivity contribution is 6.65. The molecule has 0 saturated carbocycles. The predicted molar refractivity (Wildman–Crippen MR) is 85.8 cm³/mol. The molecule has 1 aliphatic heterocycles. The SMILES string of the molecule is CC1(C)OB(c2cn(C(=O)O)c3c(C#N)cccc23)OC1(C)C. The molecule has 0 spiro atoms. The van der Waals surface area contributed by atoms with Gasteiger partial charge in [-0.15, -0.1) is 0 Å². The van der Waals surface area contributed by atoms with Crippen LogP contribution in [-0.4, -0.2) is 34.1 Å². The lowest BCUT2D eigenvalue weighted by molar-refractivity contribution is 0.00578. The molecule has 7 heteroatoms. The Morgan fingerprint density at radius 2 is 1.87 bits per heavy atom. The number of hydrogen-bond acceptors (Lipinski definition) is 4. The molecule has 118 valence electrons. The van der Waals surface area contributed by atoms with Crippen molar-refractivity contribution >= 4 is 29.6 Å². The van der Waals surface area contributed by atoms with Crippen LogP contribution in [0.5, 0.6) is 0 Å². The first-order chi connectivity index (χ1) is 10.7. The molecule has 2 aromatic rings. The van der Waals surface area contributed by atoms with Crippen LogP contribution in [0.25, 0.3) is 10.9 Å². The van der Waals surface area contributed by atoms with E-state index >= 15 is 0 Å². The second kappa shape index (κ2) is 4.85. The van der Waals surface area contributed by atoms with Gasteiger partial charge in [0.25, 0.3) is 0 Å². The number of carbonyl (C=O) groups is 1. The van der Waals surface area contributed by atoms with E-state index in [4.69, 9.17) is 9.31 Å². The lowest BCUT2D eigenvalue weighted by atomic mass is 9.79. The summed E-state index contributed by atoms with van der Waals surface area (Å²) in [4.78, 5) is 11.5. The molecule has 0 aliphatic carbocycles. The van der Waals surface area contributed by atoms with Gasteiger partial charge in [0, 0.05) is 17.0 Å². The molecule has 23 heavy (non-hydrogen) atoms. The first kappa shape index (κ1) is 15.6. The Morgan fingerprint density at radius 1 is 1.26 bits per heavy atom. The molecule has 0 radical (unpaired) electrons. The Hall–Kier alpha value is -2.30. The summed E-state index contributed by atoms with van der Waals surface area (Å²) >= 11 is 0. The van der Waals surface area contributed by atoms with Gasteiger partial charge in [-0.1, -0.05) is 12.1 Å². The number of fused-ring (bicyclic) bond motifs is 1. The van der Waals surface area contributed by atoms with Crippen LogP contribution in [-0.2, 0) is 9.31 Å². The number of rotatable bonds is 1. The maximum Gasteiger partial charge on any atom is 0.497 e. The Balaban J connectivity index is 2.21. The molecule has 3 rings (SSSR count). The van der Waals surface area contributed by atoms with Gasteiger partial charge in [-0.05, 0) is 33.8 Å². The first-order valence-corrected chi connectivity index (χ1v) is 7.31. The average Bonchev–Trinajstić information content (AvgIpc) is 2.94. The molecule has 1 aromatic carbocycles. The van der Waals surface area contributed by atoms with E-state index in [-0.39, 0.29) is 0 Å². The fourth-order valence-electron chi connectivity index (χ4n) is 2.71. The smallest absolute Gasteiger partial charge is 0.464 e. The second-order valence-corrected chi connectivity index (χ2v) is 6.64. The maximum absolute atomic E-state index is 11.5. The molecular formula is C16H17BN2O4. The Kier molecular flexibility index (Phi) is 3.29. The summed E-state index contributed by atoms with van der Waals surface area (Å²) < 4.78 is 13.1. The van der Waals surface area contributed by atoms with Crippen LogP contribution < -0.4 is 5.46 Å². The van der Waals surface area contributed by atoms with Crippen molar-refractivity contribution in [3.63, 3.8) is 0 Å². The average molecular weight is 312 g/mol. The standard InChI is InChI=1S/C16H17BN2O4/c1-15(2)16(3,4)23-17(22-15)12-9-19(14(20)21)13-10(8-18)6-5-7-11(12)13/h5-7,9H,1-4H3,(H,20,21). The van der Waals surface area contributed by atoms with Gasteiger partial charge in [0.1, 0.15) is 6.07 Å². The molecular weight excluding hydrogens is 295 g/mol. The van der Waals surface area contributed by atoms with E-state index in [9.17, 15) is 15.2 Å². The minimum Gasteiger partial charge on any atom is -0.464 e. The topological polar surface area (TPSA) is 84.5 Å². The van der Waals surface area contributed by atoms with Gasteiger partial charge < -0.3 is 14.4 Å². The third kappa shape index (κ3) is 2.22. The Labute approximate surface area is 134 Å². The van der Waals surface area contributed by atoms with Gasteiger partial charge >= 0.3 is 13.2 Å². The minimum atomic E-state index is -1.15. The molecule has 0 unspecified atom stereocenters. The Morgan fingerprint density at radius 3 is 2.39 bits per heavy atom. The van der Waals surface area contributed by atoms with Crippen LogP contribution in [0.1, 0.15) is 33.3 Å². The van der Waals surface area contributed by atoms with Crippen LogP contribution >= 0.6 is 0 Å². The zero-order valence-electron chi connectivity index (χ0n) is 13.5. The van der Waals surface area contributed by atoms with Crippen molar-refractivity contribution in [3.05, 3.63) is 30.0 Å². The largest absolute Gasteiger partial charge is 0.497 e. The van der Waals surface area contributed by atoms with Crippen LogP contribution in [0.2, 0.25) is 0 Å². The molecule has 1 saturated heterocycles. The fraction of sp³-hybridized carbons (Fsp3) is 0.375. The van der Waals surface area contributed by atoms with E-state index in [1.54, 1.807) is 18.2 Å². The monoisotopic (exact) mass is 312 g/mol. The highest BCUT2D eigenvalue weighted by Crippen LogP contribution is 2.37. The number of aromatic nitrogens is 1. The van der Waals surface area contributed by atoms with Gasteiger partial charge in [0.15, 0.2) is 0 Å². The van der Waals surface area contributed by atoms with E-state index in [2.05, 4.69) is 0 Å². The molecule has 0 atom stereocenters. The zero-order chi connectivity index (χ0) is 17.0. The number of para-hydroxylation sites is 1. The summed E-state index contributed by atoms with van der Waals surface area (Å²) in [6.07, 6.45) is 0.316. The lowest BCUT2D eigenvalue weighted by Gasteiger charge is -2.32. The number of carboxylic acid groups (broad SMARTS) is 1. The molecule has 2 heterocycles. The maximum atomic E-state index is 11.5. The van der Waals surface area contributed by atoms with Gasteiger partial charge in [0.2, 0.25) is 0 Å². The lowest BCUT2D eigenvalue weighted by Crippen LogP contribution is -2.41. The van der Waals surface area contributed by atoms with Crippen LogP contribution in [0.4, 0.5) is 4.79 Å². The summed E-state index contributed by atoms with van der Waals surface area (Å²) in [6, 6.07) is 7.13. The van der Waals surface area contributed by atoms with Gasteiger partial charge in [-0.25, -0.2) is 4.79 Å². The van der Waals surface area contributed by atoms with Crippen molar-refractivity contribution < 1.29 is 19.2 Å². The minimum absolute atomic E-state index is 0.299. The summed E-state index contributed by atoms with van der Waals surface area (Å²) in [6.45, 7) is 7.74. The summed E-state index contributed by atoms with van der Waals surface area (Å²) in [7, 11) is -0.683. The number of benzene rings is 1. The summed E-state index contributed by atoms with van der Waals surface area (Å²) in [5.41, 5.74) is 0.211. The summed E-state index contributed by atoms with van der Waals surface area (Å²) in [5.74, 6) is 0. The van der Waals surface area contributed by atoms with Gasteiger partial charge in [-0.2, -0.15) is 5.26 Å². The number of nitrogens with zero attached hydrogens (tertiary/aromatic N) is 2. The van der Waals surface area contributed by atoms with Crippen molar-refractivity contribution in [2.75, 3.05) is 0 Å². The number of hydrogen-bond donors (Lipinski definition) is 1. The normalized spacial score (nSPS) is 19.0. The van der Waals surface area contributed by atoms with Crippen molar-refractivity contribution in [3.8, 4) is 6.07 Å². The molecule has 1 aromatic heterocycles. The third-order valence-electron chi connectivity index (χ3n) is 4.69. The molecule has 6 nitrogen and oxygen atoms in total. The van der Waals surface area contributed by atoms with Crippen LogP contribution in [0.3, 0.4) is 0 Å². The van der Waals surface area contributed by atoms with Crippen LogP contribution in [0.15, 0.2) is 24.4 Å². The van der Waals surface area contributed by atoms with Crippen LogP contribution in [0, 0.1) is 11.3 Å². The van der Waals surface area contributed by atoms with E-state index in [1.165, 1.54) is 6.20 Å². The second-order valence-electron chi connectivity index (χ2n) is 6.64. The highest BCUT2D eigenvalue weighted by atomic mass is 16.7. The van der Waals surface area contributed by atoms with E-state index < -0.39 is 24.4 Å². The fourth-order valence-corrected chi connectivity index (χ4v) is 2.71. The summed E-state index contributed by atoms with van der Waals surface area (Å²) in [5, 5.41) is 19.3. The number of nitriles is 1. The first-order valence-electron chi connectivity index (χ1n) is 7.31. The molecule has 1 N–H and O–H groups in total. The van der Waals surface area contributed by atoms with Gasteiger partial charge in [0.05, 0.1) is 22.3 Å². The molecule has 1 aliphatic rings. The third-order valence-corrected chi connectivity index (χ3v) is 4.69. The van der Waals surface area contributed by atoms with E-state index in [1.807, 2.05) is 33.8 Å². The van der Waals surface area contributed by atoms with Crippen molar-refractivity contribution in [2.24, 2.45) is 0 Å². The molecule has 0 bridgehead atoms. The Bertz CT molecular complexity index is 832. The molecule has 0 amide bonds. The zero-order valence-corrected chi connectivity index (χ0v) is 13.5. The van der Waals surface area contributed by atoms with E-state index in [0.29, 0.717) is 21.9 Å². The van der Waals surface area contributed by atoms with Crippen molar-refractivity contribution in [1.29, 1.82) is 5.26 Å². The molecule has 1 fully saturated rings. The van der Waals surface area contributed by atoms with Gasteiger partial charge in [-0.3, -0.25) is 4.57 Å². The van der Waals surface area contributed by atoms with Crippen molar-refractivity contribution in [2.45, 2.75) is 38.9 Å². The quantitative estimate of drug-likeness (QED) is 0.817. The van der Waals surface area contributed by atoms with E-state index in [0.717, 1.165) is 4.57 Å².